The number of aromatic nitrogens is 2. The number of halogens is 5. The molecule has 0 aliphatic carbocycles. The Labute approximate surface area is 222 Å². The summed E-state index contributed by atoms with van der Waals surface area (Å²) in [6, 6.07) is 9.56. The Morgan fingerprint density at radius 3 is 2.51 bits per heavy atom. The van der Waals surface area contributed by atoms with E-state index in [1.54, 1.807) is 30.5 Å². The number of alkyl halides is 3. The molecule has 0 spiro atoms. The van der Waals surface area contributed by atoms with Crippen molar-refractivity contribution in [2.24, 2.45) is 4.99 Å². The summed E-state index contributed by atoms with van der Waals surface area (Å²) in [6.07, 6.45) is -3.82. The lowest BCUT2D eigenvalue weighted by atomic mass is 10.2. The van der Waals surface area contributed by atoms with Crippen molar-refractivity contribution in [3.63, 3.8) is 0 Å². The van der Waals surface area contributed by atoms with Crippen LogP contribution in [0.3, 0.4) is 0 Å². The molecule has 0 aliphatic rings. The van der Waals surface area contributed by atoms with Crippen LogP contribution in [-0.4, -0.2) is 41.4 Å². The van der Waals surface area contributed by atoms with E-state index in [-0.39, 0.29) is 29.8 Å². The zero-order valence-corrected chi connectivity index (χ0v) is 20.5. The molecule has 0 bridgehead atoms. The van der Waals surface area contributed by atoms with E-state index in [2.05, 4.69) is 35.4 Å². The first-order chi connectivity index (χ1) is 18.5. The highest BCUT2D eigenvalue weighted by molar-refractivity contribution is 6.31. The van der Waals surface area contributed by atoms with Crippen molar-refractivity contribution in [3.05, 3.63) is 70.3 Å². The molecule has 0 amide bonds. The first-order valence-corrected chi connectivity index (χ1v) is 10.9. The zero-order chi connectivity index (χ0) is 28.6. The van der Waals surface area contributed by atoms with E-state index in [4.69, 9.17) is 27.0 Å². The number of nitrogens with zero attached hydrogens (tertiary/aromatic N) is 5. The van der Waals surface area contributed by atoms with Crippen LogP contribution in [0.25, 0.3) is 0 Å². The molecule has 39 heavy (non-hydrogen) atoms. The minimum Gasteiger partial charge on any atom is -0.497 e. The number of carbonyl (C=O) groups is 1. The first kappa shape index (κ1) is 28.7. The SMILES string of the molecule is COc1ccc(CN/C(=N\C#N)NCc2nonc2C(=N)N(OC(=O)C(F)(F)F)c2ccc(F)c(Cl)c2)cc1. The lowest BCUT2D eigenvalue weighted by Crippen LogP contribution is -2.40. The number of hydroxylamine groups is 1. The number of aliphatic imine (C=N–C) groups is 1. The molecular weight excluding hydrogens is 552 g/mol. The number of nitrogens with one attached hydrogen (secondary N) is 3. The third-order valence-electron chi connectivity index (χ3n) is 4.73. The molecule has 17 heteroatoms. The average Bonchev–Trinajstić information content (AvgIpc) is 3.38. The van der Waals surface area contributed by atoms with Gasteiger partial charge in [0.2, 0.25) is 12.2 Å². The van der Waals surface area contributed by atoms with Gasteiger partial charge in [-0.25, -0.2) is 13.8 Å². The molecule has 3 rings (SSSR count). The highest BCUT2D eigenvalue weighted by atomic mass is 35.5. The van der Waals surface area contributed by atoms with Crippen molar-refractivity contribution < 1.29 is 36.6 Å². The number of methoxy groups -OCH3 is 1. The summed E-state index contributed by atoms with van der Waals surface area (Å²) in [5, 5.41) is 29.7. The molecule has 0 saturated carbocycles. The molecule has 0 fully saturated rings. The Morgan fingerprint density at radius 1 is 1.21 bits per heavy atom. The highest BCUT2D eigenvalue weighted by Crippen LogP contribution is 2.27. The van der Waals surface area contributed by atoms with Crippen LogP contribution in [0.2, 0.25) is 5.02 Å². The predicted molar refractivity (Wildman–Crippen MR) is 127 cm³/mol. The van der Waals surface area contributed by atoms with Gasteiger partial charge in [0.25, 0.3) is 0 Å². The van der Waals surface area contributed by atoms with E-state index >= 15 is 0 Å². The number of benzene rings is 2. The Hall–Kier alpha value is -4.91. The van der Waals surface area contributed by atoms with Gasteiger partial charge in [0.05, 0.1) is 24.4 Å². The third-order valence-corrected chi connectivity index (χ3v) is 5.02. The standard InChI is InChI=1S/C22H17ClF4N8O4/c1-37-14-5-2-12(3-6-14)9-30-21(32-11-28)31-10-17-18(34-39-33-17)19(29)35(38-20(36)22(25,26)27)13-4-7-16(24)15(23)8-13/h2-8,29H,9-10H2,1H3,(H2,30,31,32). The maximum Gasteiger partial charge on any atom is 0.493 e. The quantitative estimate of drug-likeness (QED) is 0.126. The van der Waals surface area contributed by atoms with E-state index in [1.807, 2.05) is 0 Å². The Kier molecular flexibility index (Phi) is 9.23. The Bertz CT molecular complexity index is 1410. The van der Waals surface area contributed by atoms with Crippen LogP contribution in [0.1, 0.15) is 17.0 Å². The maximum atomic E-state index is 13.6. The number of anilines is 1. The number of hydrogen-bond donors (Lipinski definition) is 3. The smallest absolute Gasteiger partial charge is 0.493 e. The summed E-state index contributed by atoms with van der Waals surface area (Å²) in [5.74, 6) is -3.88. The van der Waals surface area contributed by atoms with Gasteiger partial charge in [-0.05, 0) is 41.1 Å². The maximum absolute atomic E-state index is 13.6. The van der Waals surface area contributed by atoms with Crippen molar-refractivity contribution in [1.82, 2.24) is 20.9 Å². The number of carbonyl (C=O) groups excluding carboxylic acids is 1. The monoisotopic (exact) mass is 568 g/mol. The second kappa shape index (κ2) is 12.6. The summed E-state index contributed by atoms with van der Waals surface area (Å²) >= 11 is 5.70. The number of nitriles is 1. The van der Waals surface area contributed by atoms with E-state index in [0.717, 1.165) is 23.8 Å². The molecule has 0 atom stereocenters. The van der Waals surface area contributed by atoms with Gasteiger partial charge in [0, 0.05) is 6.54 Å². The van der Waals surface area contributed by atoms with Crippen LogP contribution in [0.4, 0.5) is 23.2 Å². The van der Waals surface area contributed by atoms with Gasteiger partial charge >= 0.3 is 12.1 Å². The van der Waals surface area contributed by atoms with Crippen LogP contribution in [0.5, 0.6) is 5.75 Å². The summed E-state index contributed by atoms with van der Waals surface area (Å²) < 4.78 is 62.0. The zero-order valence-electron chi connectivity index (χ0n) is 19.7. The van der Waals surface area contributed by atoms with Gasteiger partial charge in [0.1, 0.15) is 17.3 Å². The fourth-order valence-electron chi connectivity index (χ4n) is 2.86. The second-order valence-corrected chi connectivity index (χ2v) is 7.70. The molecule has 0 saturated heterocycles. The number of rotatable bonds is 7. The fourth-order valence-corrected chi connectivity index (χ4v) is 3.03. The average molecular weight is 569 g/mol. The van der Waals surface area contributed by atoms with Gasteiger partial charge in [0.15, 0.2) is 11.5 Å². The third kappa shape index (κ3) is 7.55. The summed E-state index contributed by atoms with van der Waals surface area (Å²) in [7, 11) is 1.52. The largest absolute Gasteiger partial charge is 0.497 e. The Balaban J connectivity index is 1.78. The van der Waals surface area contributed by atoms with Crippen molar-refractivity contribution in [2.75, 3.05) is 12.2 Å². The van der Waals surface area contributed by atoms with Gasteiger partial charge in [-0.3, -0.25) is 5.41 Å². The van der Waals surface area contributed by atoms with Crippen LogP contribution >= 0.6 is 11.6 Å². The van der Waals surface area contributed by atoms with Crippen molar-refractivity contribution in [1.29, 1.82) is 10.7 Å². The summed E-state index contributed by atoms with van der Waals surface area (Å²) in [4.78, 5) is 19.5. The number of amidine groups is 1. The van der Waals surface area contributed by atoms with E-state index in [1.165, 1.54) is 7.11 Å². The molecule has 0 radical (unpaired) electrons. The van der Waals surface area contributed by atoms with E-state index in [0.29, 0.717) is 5.75 Å². The lowest BCUT2D eigenvalue weighted by Gasteiger charge is -2.23. The minimum atomic E-state index is -5.42. The van der Waals surface area contributed by atoms with E-state index in [9.17, 15) is 22.4 Å². The van der Waals surface area contributed by atoms with Crippen LogP contribution in [0.15, 0.2) is 52.1 Å². The normalized spacial score (nSPS) is 11.4. The van der Waals surface area contributed by atoms with Gasteiger partial charge in [-0.15, -0.1) is 4.99 Å². The van der Waals surface area contributed by atoms with Gasteiger partial charge in [-0.2, -0.15) is 23.5 Å². The van der Waals surface area contributed by atoms with Crippen LogP contribution in [-0.2, 0) is 22.7 Å². The van der Waals surface area contributed by atoms with Gasteiger partial charge in [-0.1, -0.05) is 28.9 Å². The molecule has 1 heterocycles. The van der Waals surface area contributed by atoms with E-state index < -0.39 is 40.2 Å². The molecule has 2 aromatic carbocycles. The number of guanidine groups is 1. The van der Waals surface area contributed by atoms with Crippen molar-refractivity contribution in [3.8, 4) is 11.9 Å². The lowest BCUT2D eigenvalue weighted by molar-refractivity contribution is -0.199. The second-order valence-electron chi connectivity index (χ2n) is 7.29. The fraction of sp³-hybridized carbons (Fsp3) is 0.182. The predicted octanol–water partition coefficient (Wildman–Crippen LogP) is 3.44. The topological polar surface area (TPSA) is 162 Å². The molecule has 1 aromatic heterocycles. The molecule has 0 aliphatic heterocycles. The summed E-state index contributed by atoms with van der Waals surface area (Å²) in [6.45, 7) is -0.0493. The number of hydrogen-bond acceptors (Lipinski definition) is 9. The molecule has 3 N–H and O–H groups in total. The number of ether oxygens (including phenoxy) is 1. The molecule has 204 valence electrons. The van der Waals surface area contributed by atoms with Crippen LogP contribution < -0.4 is 20.4 Å². The van der Waals surface area contributed by atoms with Crippen molar-refractivity contribution >= 4 is 35.1 Å². The molecule has 3 aromatic rings. The summed E-state index contributed by atoms with van der Waals surface area (Å²) in [5.41, 5.74) is -0.185. The minimum absolute atomic E-state index is 0.0144. The molecule has 0 unspecified atom stereocenters. The Morgan fingerprint density at radius 2 is 1.90 bits per heavy atom. The van der Waals surface area contributed by atoms with Crippen molar-refractivity contribution in [2.45, 2.75) is 19.3 Å². The van der Waals surface area contributed by atoms with Crippen LogP contribution in [0, 0.1) is 22.7 Å². The molecule has 12 nitrogen and oxygen atoms in total. The molecular formula is C22H17ClF4N8O4. The first-order valence-electron chi connectivity index (χ1n) is 10.6. The highest BCUT2D eigenvalue weighted by Gasteiger charge is 2.44. The van der Waals surface area contributed by atoms with Gasteiger partial charge < -0.3 is 20.2 Å².